The molecule has 3 heteroatoms. The molecule has 0 fully saturated rings. The highest BCUT2D eigenvalue weighted by Crippen LogP contribution is 2.51. The molecule has 0 unspecified atom stereocenters. The van der Waals surface area contributed by atoms with Crippen molar-refractivity contribution in [2.24, 2.45) is 0 Å². The van der Waals surface area contributed by atoms with Crippen LogP contribution in [0.25, 0.3) is 91.8 Å². The first-order chi connectivity index (χ1) is 31.5. The molecule has 2 nitrogen and oxygen atoms in total. The number of aromatic nitrogens is 1. The predicted octanol–water partition coefficient (Wildman–Crippen LogP) is 17.4. The summed E-state index contributed by atoms with van der Waals surface area (Å²) in [6, 6.07) is 80.9. The van der Waals surface area contributed by atoms with E-state index in [-0.39, 0.29) is 5.41 Å². The molecule has 13 rings (SSSR count). The van der Waals surface area contributed by atoms with Gasteiger partial charge in [0.1, 0.15) is 0 Å². The summed E-state index contributed by atoms with van der Waals surface area (Å²) in [7, 11) is 0. The van der Waals surface area contributed by atoms with Crippen molar-refractivity contribution >= 4 is 81.1 Å². The molecule has 0 amide bonds. The Morgan fingerprint density at radius 3 is 1.75 bits per heavy atom. The highest BCUT2D eigenvalue weighted by Gasteiger charge is 2.35. The Bertz CT molecular complexity index is 3800. The number of hydrogen-bond acceptors (Lipinski definition) is 2. The summed E-state index contributed by atoms with van der Waals surface area (Å²) in [5.74, 6) is 0. The topological polar surface area (TPSA) is 8.17 Å². The molecule has 0 saturated heterocycles. The van der Waals surface area contributed by atoms with Crippen molar-refractivity contribution in [1.29, 1.82) is 0 Å². The van der Waals surface area contributed by atoms with E-state index in [1.165, 1.54) is 103 Å². The smallest absolute Gasteiger partial charge is 0.0547 e. The number of hydrogen-bond donors (Lipinski definition) is 0. The standard InChI is InChI=1S/C61H42N2S/c1-61(2)54-18-10-8-16-49(54)50-32-31-47(38-55(50)61)62(46-29-22-40(23-30-46)43-26-35-59-52(36-43)51-17-9-11-19-58(51)64-59)45-27-20-39(21-28-45)42-25-33-56-53(37-42)60-48-15-7-6-12-41(48)24-34-57(60)63(56)44-13-4-3-5-14-44/h3-38H,1-2H3. The van der Waals surface area contributed by atoms with E-state index in [0.29, 0.717) is 0 Å². The molecule has 0 bridgehead atoms. The first kappa shape index (κ1) is 36.9. The van der Waals surface area contributed by atoms with Gasteiger partial charge in [-0.1, -0.05) is 147 Å². The number of rotatable bonds is 6. The quantitative estimate of drug-likeness (QED) is 0.162. The Morgan fingerprint density at radius 2 is 0.969 bits per heavy atom. The molecule has 12 aromatic rings. The van der Waals surface area contributed by atoms with E-state index in [1.807, 2.05) is 11.3 Å². The van der Waals surface area contributed by atoms with Crippen LogP contribution in [0, 0.1) is 0 Å². The molecule has 0 N–H and O–H groups in total. The summed E-state index contributed by atoms with van der Waals surface area (Å²) in [5, 5.41) is 7.71. The van der Waals surface area contributed by atoms with Gasteiger partial charge in [0, 0.05) is 59.1 Å². The molecule has 0 aliphatic heterocycles. The third-order valence-corrected chi connectivity index (χ3v) is 14.9. The minimum atomic E-state index is -0.112. The van der Waals surface area contributed by atoms with Crippen LogP contribution in [0.2, 0.25) is 0 Å². The van der Waals surface area contributed by atoms with Gasteiger partial charge in [-0.25, -0.2) is 0 Å². The zero-order valence-electron chi connectivity index (χ0n) is 35.6. The van der Waals surface area contributed by atoms with Gasteiger partial charge < -0.3 is 9.47 Å². The lowest BCUT2D eigenvalue weighted by Gasteiger charge is -2.28. The molecule has 1 aliphatic carbocycles. The van der Waals surface area contributed by atoms with Crippen LogP contribution in [-0.4, -0.2) is 4.57 Å². The van der Waals surface area contributed by atoms with Crippen LogP contribution in [0.1, 0.15) is 25.0 Å². The van der Waals surface area contributed by atoms with Crippen molar-refractivity contribution in [2.75, 3.05) is 4.90 Å². The van der Waals surface area contributed by atoms with Crippen LogP contribution in [0.5, 0.6) is 0 Å². The Morgan fingerprint density at radius 1 is 0.391 bits per heavy atom. The predicted molar refractivity (Wildman–Crippen MR) is 274 cm³/mol. The molecule has 10 aromatic carbocycles. The maximum Gasteiger partial charge on any atom is 0.0547 e. The number of benzene rings is 10. The molecule has 2 heterocycles. The SMILES string of the molecule is CC1(C)c2ccccc2-c2ccc(N(c3ccc(-c4ccc5sc6ccccc6c5c4)cc3)c3ccc(-c4ccc5c(c4)c4c6ccccc6ccc4n5-c4ccccc4)cc3)cc21. The van der Waals surface area contributed by atoms with Gasteiger partial charge >= 0.3 is 0 Å². The summed E-state index contributed by atoms with van der Waals surface area (Å²) >= 11 is 1.86. The van der Waals surface area contributed by atoms with Crippen LogP contribution >= 0.6 is 11.3 Å². The zero-order chi connectivity index (χ0) is 42.5. The second-order valence-corrected chi connectivity index (χ2v) is 18.8. The summed E-state index contributed by atoms with van der Waals surface area (Å²) in [5.41, 5.74) is 17.1. The van der Waals surface area contributed by atoms with Crippen molar-refractivity contribution in [1.82, 2.24) is 4.57 Å². The number of thiophene rings is 1. The van der Waals surface area contributed by atoms with Gasteiger partial charge in [-0.05, 0) is 140 Å². The maximum absolute atomic E-state index is 2.42. The Labute approximate surface area is 376 Å². The zero-order valence-corrected chi connectivity index (χ0v) is 36.4. The molecular weight excluding hydrogens is 793 g/mol. The largest absolute Gasteiger partial charge is 0.310 e. The van der Waals surface area contributed by atoms with Gasteiger partial charge in [0.15, 0.2) is 0 Å². The van der Waals surface area contributed by atoms with Crippen LogP contribution in [0.15, 0.2) is 218 Å². The minimum absolute atomic E-state index is 0.112. The fourth-order valence-electron chi connectivity index (χ4n) is 10.6. The monoisotopic (exact) mass is 834 g/mol. The van der Waals surface area contributed by atoms with Gasteiger partial charge in [0.25, 0.3) is 0 Å². The summed E-state index contributed by atoms with van der Waals surface area (Å²) in [4.78, 5) is 2.42. The fraction of sp³-hybridized carbons (Fsp3) is 0.0492. The molecule has 302 valence electrons. The molecule has 0 spiro atoms. The average Bonchev–Trinajstić information content (AvgIpc) is 3.97. The van der Waals surface area contributed by atoms with Gasteiger partial charge in [-0.3, -0.25) is 0 Å². The van der Waals surface area contributed by atoms with Gasteiger partial charge in [0.2, 0.25) is 0 Å². The van der Waals surface area contributed by atoms with Crippen LogP contribution in [0.3, 0.4) is 0 Å². The maximum atomic E-state index is 2.42. The van der Waals surface area contributed by atoms with Crippen LogP contribution in [0.4, 0.5) is 17.1 Å². The Balaban J connectivity index is 0.926. The highest BCUT2D eigenvalue weighted by atomic mass is 32.1. The number of fused-ring (bicyclic) bond motifs is 11. The summed E-state index contributed by atoms with van der Waals surface area (Å²) in [6.07, 6.45) is 0. The van der Waals surface area contributed by atoms with Crippen molar-refractivity contribution in [3.8, 4) is 39.1 Å². The van der Waals surface area contributed by atoms with Crippen molar-refractivity contribution in [2.45, 2.75) is 19.3 Å². The van der Waals surface area contributed by atoms with E-state index in [0.717, 1.165) is 17.1 Å². The first-order valence-corrected chi connectivity index (χ1v) is 23.0. The second kappa shape index (κ2) is 14.2. The normalized spacial score (nSPS) is 13.0. The van der Waals surface area contributed by atoms with E-state index >= 15 is 0 Å². The van der Waals surface area contributed by atoms with Gasteiger partial charge in [0.05, 0.1) is 11.0 Å². The summed E-state index contributed by atoms with van der Waals surface area (Å²) in [6.45, 7) is 4.72. The lowest BCUT2D eigenvalue weighted by Crippen LogP contribution is -2.16. The van der Waals surface area contributed by atoms with E-state index in [9.17, 15) is 0 Å². The first-order valence-electron chi connectivity index (χ1n) is 22.2. The van der Waals surface area contributed by atoms with Crippen molar-refractivity contribution in [3.63, 3.8) is 0 Å². The molecule has 64 heavy (non-hydrogen) atoms. The third-order valence-electron chi connectivity index (χ3n) is 13.8. The Kier molecular flexibility index (Phi) is 8.16. The lowest BCUT2D eigenvalue weighted by molar-refractivity contribution is 0.660. The van der Waals surface area contributed by atoms with Crippen molar-refractivity contribution < 1.29 is 0 Å². The van der Waals surface area contributed by atoms with Gasteiger partial charge in [-0.2, -0.15) is 0 Å². The molecule has 0 saturated carbocycles. The highest BCUT2D eigenvalue weighted by molar-refractivity contribution is 7.25. The minimum Gasteiger partial charge on any atom is -0.310 e. The lowest BCUT2D eigenvalue weighted by atomic mass is 9.82. The molecular formula is C61H42N2S. The van der Waals surface area contributed by atoms with E-state index in [2.05, 4.69) is 242 Å². The number of anilines is 3. The van der Waals surface area contributed by atoms with Crippen molar-refractivity contribution in [3.05, 3.63) is 230 Å². The van der Waals surface area contributed by atoms with Crippen LogP contribution in [-0.2, 0) is 5.41 Å². The summed E-state index contributed by atoms with van der Waals surface area (Å²) < 4.78 is 5.06. The second-order valence-electron chi connectivity index (χ2n) is 17.7. The number of nitrogens with zero attached hydrogens (tertiary/aromatic N) is 2. The molecule has 0 atom stereocenters. The molecule has 0 radical (unpaired) electrons. The average molecular weight is 835 g/mol. The third kappa shape index (κ3) is 5.64. The van der Waals surface area contributed by atoms with Crippen LogP contribution < -0.4 is 4.90 Å². The molecule has 1 aliphatic rings. The molecule has 2 aromatic heterocycles. The Hall–Kier alpha value is -7.72. The van der Waals surface area contributed by atoms with Gasteiger partial charge in [-0.15, -0.1) is 11.3 Å². The fourth-order valence-corrected chi connectivity index (χ4v) is 11.7. The van der Waals surface area contributed by atoms with E-state index < -0.39 is 0 Å². The van der Waals surface area contributed by atoms with E-state index in [4.69, 9.17) is 0 Å². The van der Waals surface area contributed by atoms with E-state index in [1.54, 1.807) is 0 Å². The number of para-hydroxylation sites is 1.